The Hall–Kier alpha value is -2.04. The van der Waals surface area contributed by atoms with Gasteiger partial charge >= 0.3 is 0 Å². The minimum absolute atomic E-state index is 0.146. The summed E-state index contributed by atoms with van der Waals surface area (Å²) in [5, 5.41) is 3.78. The predicted octanol–water partition coefficient (Wildman–Crippen LogP) is 2.89. The molecule has 0 amide bonds. The molecule has 0 atom stereocenters. The highest BCUT2D eigenvalue weighted by Crippen LogP contribution is 2.26. The number of fused-ring (bicyclic) bond motifs is 1. The van der Waals surface area contributed by atoms with Crippen molar-refractivity contribution in [2.45, 2.75) is 38.5 Å². The fourth-order valence-electron chi connectivity index (χ4n) is 3.11. The molecule has 2 aromatic rings. The molecule has 0 unspecified atom stereocenters. The number of nitrogens with two attached hydrogens (primary N) is 1. The van der Waals surface area contributed by atoms with Crippen LogP contribution in [0.5, 0.6) is 0 Å². The van der Waals surface area contributed by atoms with Crippen molar-refractivity contribution in [1.29, 1.82) is 0 Å². The van der Waals surface area contributed by atoms with Crippen LogP contribution >= 0.6 is 0 Å². The van der Waals surface area contributed by atoms with E-state index in [1.807, 2.05) is 0 Å². The van der Waals surface area contributed by atoms with E-state index in [4.69, 9.17) is 5.73 Å². The van der Waals surface area contributed by atoms with Crippen molar-refractivity contribution in [3.05, 3.63) is 28.6 Å². The zero-order chi connectivity index (χ0) is 14.7. The Morgan fingerprint density at radius 1 is 1.29 bits per heavy atom. The summed E-state index contributed by atoms with van der Waals surface area (Å²) >= 11 is 0. The summed E-state index contributed by atoms with van der Waals surface area (Å²) in [7, 11) is 0. The summed E-state index contributed by atoms with van der Waals surface area (Å²) in [4.78, 5) is 19.2. The van der Waals surface area contributed by atoms with Crippen LogP contribution in [-0.4, -0.2) is 16.5 Å². The van der Waals surface area contributed by atoms with Gasteiger partial charge in [-0.3, -0.25) is 9.78 Å². The van der Waals surface area contributed by atoms with Crippen LogP contribution in [0.1, 0.15) is 38.5 Å². The second kappa shape index (κ2) is 6.16. The molecule has 0 saturated heterocycles. The fraction of sp³-hybridized carbons (Fsp3) is 0.500. The maximum Gasteiger partial charge on any atom is 0.260 e. The first-order valence-corrected chi connectivity index (χ1v) is 7.76. The molecule has 1 fully saturated rings. The highest BCUT2D eigenvalue weighted by molar-refractivity contribution is 5.81. The van der Waals surface area contributed by atoms with Gasteiger partial charge in [-0.25, -0.2) is 4.98 Å². The Morgan fingerprint density at radius 2 is 2.10 bits per heavy atom. The number of anilines is 2. The molecule has 1 aromatic heterocycles. The van der Waals surface area contributed by atoms with Crippen molar-refractivity contribution < 1.29 is 0 Å². The van der Waals surface area contributed by atoms with E-state index in [0.29, 0.717) is 22.5 Å². The Labute approximate surface area is 124 Å². The van der Waals surface area contributed by atoms with Gasteiger partial charge in [0.05, 0.1) is 10.9 Å². The van der Waals surface area contributed by atoms with E-state index in [0.717, 1.165) is 18.9 Å². The van der Waals surface area contributed by atoms with E-state index in [2.05, 4.69) is 15.3 Å². The van der Waals surface area contributed by atoms with Crippen LogP contribution < -0.4 is 16.6 Å². The Bertz CT molecular complexity index is 674. The molecular weight excluding hydrogens is 264 g/mol. The lowest BCUT2D eigenvalue weighted by Gasteiger charge is -2.21. The van der Waals surface area contributed by atoms with E-state index in [9.17, 15) is 4.79 Å². The maximum absolute atomic E-state index is 12.0. The summed E-state index contributed by atoms with van der Waals surface area (Å²) < 4.78 is 0. The highest BCUT2D eigenvalue weighted by atomic mass is 16.1. The monoisotopic (exact) mass is 286 g/mol. The predicted molar refractivity (Wildman–Crippen MR) is 86.5 cm³/mol. The van der Waals surface area contributed by atoms with Gasteiger partial charge in [-0.2, -0.15) is 0 Å². The molecular formula is C16H22N4O. The van der Waals surface area contributed by atoms with Crippen molar-refractivity contribution in [2.24, 2.45) is 5.92 Å². The van der Waals surface area contributed by atoms with Crippen molar-refractivity contribution >= 4 is 22.5 Å². The van der Waals surface area contributed by atoms with Gasteiger partial charge in [0, 0.05) is 12.2 Å². The van der Waals surface area contributed by atoms with Gasteiger partial charge in [-0.05, 0) is 30.5 Å². The molecule has 112 valence electrons. The zero-order valence-corrected chi connectivity index (χ0v) is 12.2. The quantitative estimate of drug-likeness (QED) is 0.755. The number of rotatable bonds is 4. The van der Waals surface area contributed by atoms with Gasteiger partial charge in [0.1, 0.15) is 0 Å². The minimum Gasteiger partial charge on any atom is -0.399 e. The minimum atomic E-state index is -0.146. The number of hydrogen-bond donors (Lipinski definition) is 3. The molecule has 1 heterocycles. The SMILES string of the molecule is Nc1ccc2nc(NCCC3CCCCC3)[nH]c(=O)c2c1. The molecule has 5 nitrogen and oxygen atoms in total. The number of hydrogen-bond acceptors (Lipinski definition) is 4. The number of aromatic amines is 1. The molecule has 0 bridgehead atoms. The second-order valence-electron chi connectivity index (χ2n) is 5.91. The van der Waals surface area contributed by atoms with Gasteiger partial charge in [0.2, 0.25) is 5.95 Å². The number of nitrogen functional groups attached to an aromatic ring is 1. The van der Waals surface area contributed by atoms with Gasteiger partial charge in [0.25, 0.3) is 5.56 Å². The number of H-pyrrole nitrogens is 1. The van der Waals surface area contributed by atoms with Crippen LogP contribution in [-0.2, 0) is 0 Å². The molecule has 0 aliphatic heterocycles. The van der Waals surface area contributed by atoms with E-state index in [-0.39, 0.29) is 5.56 Å². The zero-order valence-electron chi connectivity index (χ0n) is 12.2. The standard InChI is InChI=1S/C16H22N4O/c17-12-6-7-14-13(10-12)15(21)20-16(19-14)18-9-8-11-4-2-1-3-5-11/h6-7,10-11H,1-5,8-9,17H2,(H2,18,19,20,21). The molecule has 0 radical (unpaired) electrons. The molecule has 4 N–H and O–H groups in total. The summed E-state index contributed by atoms with van der Waals surface area (Å²) in [5.74, 6) is 1.37. The third-order valence-corrected chi connectivity index (χ3v) is 4.30. The van der Waals surface area contributed by atoms with Crippen LogP contribution in [0.2, 0.25) is 0 Å². The van der Waals surface area contributed by atoms with Gasteiger partial charge in [0.15, 0.2) is 0 Å². The first-order chi connectivity index (χ1) is 10.2. The summed E-state index contributed by atoms with van der Waals surface area (Å²) in [5.41, 5.74) is 6.80. The first kappa shape index (κ1) is 13.9. The van der Waals surface area contributed by atoms with Crippen molar-refractivity contribution in [2.75, 3.05) is 17.6 Å². The Morgan fingerprint density at radius 3 is 2.90 bits per heavy atom. The molecule has 0 spiro atoms. The average molecular weight is 286 g/mol. The first-order valence-electron chi connectivity index (χ1n) is 7.76. The van der Waals surface area contributed by atoms with E-state index in [1.165, 1.54) is 32.1 Å². The van der Waals surface area contributed by atoms with Crippen LogP contribution in [0, 0.1) is 5.92 Å². The van der Waals surface area contributed by atoms with E-state index < -0.39 is 0 Å². The maximum atomic E-state index is 12.0. The van der Waals surface area contributed by atoms with Gasteiger partial charge in [-0.1, -0.05) is 32.1 Å². The van der Waals surface area contributed by atoms with Crippen molar-refractivity contribution in [3.8, 4) is 0 Å². The van der Waals surface area contributed by atoms with E-state index in [1.54, 1.807) is 18.2 Å². The lowest BCUT2D eigenvalue weighted by molar-refractivity contribution is 0.345. The van der Waals surface area contributed by atoms with Crippen LogP contribution in [0.25, 0.3) is 10.9 Å². The third-order valence-electron chi connectivity index (χ3n) is 4.30. The lowest BCUT2D eigenvalue weighted by Crippen LogP contribution is -2.16. The highest BCUT2D eigenvalue weighted by Gasteiger charge is 2.13. The third kappa shape index (κ3) is 3.35. The van der Waals surface area contributed by atoms with Crippen molar-refractivity contribution in [3.63, 3.8) is 0 Å². The van der Waals surface area contributed by atoms with Crippen LogP contribution in [0.15, 0.2) is 23.0 Å². The van der Waals surface area contributed by atoms with Crippen LogP contribution in [0.4, 0.5) is 11.6 Å². The summed E-state index contributed by atoms with van der Waals surface area (Å²) in [6, 6.07) is 5.21. The normalized spacial score (nSPS) is 16.2. The Balaban J connectivity index is 1.67. The number of nitrogens with one attached hydrogen (secondary N) is 2. The smallest absolute Gasteiger partial charge is 0.260 e. The fourth-order valence-corrected chi connectivity index (χ4v) is 3.11. The van der Waals surface area contributed by atoms with E-state index >= 15 is 0 Å². The molecule has 1 aliphatic rings. The molecule has 1 aliphatic carbocycles. The van der Waals surface area contributed by atoms with Gasteiger partial charge in [-0.15, -0.1) is 0 Å². The number of nitrogens with zero attached hydrogens (tertiary/aromatic N) is 1. The molecule has 5 heteroatoms. The average Bonchev–Trinajstić information content (AvgIpc) is 2.49. The molecule has 1 aromatic carbocycles. The topological polar surface area (TPSA) is 83.8 Å². The van der Waals surface area contributed by atoms with Crippen molar-refractivity contribution in [1.82, 2.24) is 9.97 Å². The number of benzene rings is 1. The largest absolute Gasteiger partial charge is 0.399 e. The Kier molecular flexibility index (Phi) is 4.08. The van der Waals surface area contributed by atoms with Gasteiger partial charge < -0.3 is 11.1 Å². The number of aromatic nitrogens is 2. The summed E-state index contributed by atoms with van der Waals surface area (Å²) in [6.45, 7) is 0.855. The van der Waals surface area contributed by atoms with Crippen LogP contribution in [0.3, 0.4) is 0 Å². The second-order valence-corrected chi connectivity index (χ2v) is 5.91. The molecule has 3 rings (SSSR count). The molecule has 1 saturated carbocycles. The summed E-state index contributed by atoms with van der Waals surface area (Å²) in [6.07, 6.45) is 7.91. The lowest BCUT2D eigenvalue weighted by atomic mass is 9.87. The molecule has 21 heavy (non-hydrogen) atoms.